The van der Waals surface area contributed by atoms with E-state index in [1.54, 1.807) is 27.2 Å². The topological polar surface area (TPSA) is 68.1 Å². The van der Waals surface area contributed by atoms with Crippen molar-refractivity contribution in [3.63, 3.8) is 0 Å². The predicted molar refractivity (Wildman–Crippen MR) is 103 cm³/mol. The summed E-state index contributed by atoms with van der Waals surface area (Å²) < 4.78 is 30.4. The molecule has 3 heterocycles. The van der Waals surface area contributed by atoms with Gasteiger partial charge >= 0.3 is 0 Å². The standard InChI is InChI=1S/C18H22N4O2S2/c1-12-10-14(3)22(20-12)18-19-16-8-7-15(11-17(16)25-18)26(23,24)21-9-5-4-6-13(21)2/h7-8,10-11,13H,4-6,9H2,1-3H3. The normalized spacial score (nSPS) is 19.3. The molecule has 0 radical (unpaired) electrons. The van der Waals surface area contributed by atoms with E-state index in [0.29, 0.717) is 11.4 Å². The summed E-state index contributed by atoms with van der Waals surface area (Å²) in [7, 11) is -3.47. The highest BCUT2D eigenvalue weighted by molar-refractivity contribution is 7.89. The summed E-state index contributed by atoms with van der Waals surface area (Å²) >= 11 is 1.46. The van der Waals surface area contributed by atoms with Crippen molar-refractivity contribution in [2.45, 2.75) is 51.0 Å². The highest BCUT2D eigenvalue weighted by Crippen LogP contribution is 2.31. The third-order valence-electron chi connectivity index (χ3n) is 4.89. The van der Waals surface area contributed by atoms with E-state index in [9.17, 15) is 8.42 Å². The Labute approximate surface area is 157 Å². The van der Waals surface area contributed by atoms with Crippen LogP contribution in [0, 0.1) is 13.8 Å². The van der Waals surface area contributed by atoms with Gasteiger partial charge in [0.1, 0.15) is 0 Å². The van der Waals surface area contributed by atoms with Crippen LogP contribution in [0.2, 0.25) is 0 Å². The second-order valence-electron chi connectivity index (χ2n) is 6.93. The Kier molecular flexibility index (Phi) is 4.37. The Balaban J connectivity index is 1.75. The molecule has 1 aliphatic rings. The molecule has 0 bridgehead atoms. The Morgan fingerprint density at radius 3 is 2.69 bits per heavy atom. The van der Waals surface area contributed by atoms with Crippen molar-refractivity contribution in [2.75, 3.05) is 6.54 Å². The monoisotopic (exact) mass is 390 g/mol. The molecule has 1 saturated heterocycles. The zero-order valence-electron chi connectivity index (χ0n) is 15.1. The van der Waals surface area contributed by atoms with E-state index in [4.69, 9.17) is 0 Å². The minimum Gasteiger partial charge on any atom is -0.218 e. The molecule has 0 spiro atoms. The third kappa shape index (κ3) is 2.95. The van der Waals surface area contributed by atoms with Gasteiger partial charge in [-0.3, -0.25) is 0 Å². The fourth-order valence-electron chi connectivity index (χ4n) is 3.53. The van der Waals surface area contributed by atoms with Crippen LogP contribution in [0.3, 0.4) is 0 Å². The number of piperidine rings is 1. The second-order valence-corrected chi connectivity index (χ2v) is 9.83. The molecule has 0 saturated carbocycles. The number of nitrogens with zero attached hydrogens (tertiary/aromatic N) is 4. The second kappa shape index (κ2) is 6.44. The lowest BCUT2D eigenvalue weighted by Gasteiger charge is -2.32. The Hall–Kier alpha value is -1.77. The molecule has 4 rings (SSSR count). The number of benzene rings is 1. The maximum atomic E-state index is 13.1. The molecular weight excluding hydrogens is 368 g/mol. The molecular formula is C18H22N4O2S2. The number of thiazole rings is 1. The molecule has 1 unspecified atom stereocenters. The SMILES string of the molecule is Cc1cc(C)n(-c2nc3ccc(S(=O)(=O)N4CCCCC4C)cc3s2)n1. The average molecular weight is 391 g/mol. The Morgan fingerprint density at radius 1 is 1.19 bits per heavy atom. The Bertz CT molecular complexity index is 1070. The first-order chi connectivity index (χ1) is 12.4. The van der Waals surface area contributed by atoms with Crippen molar-refractivity contribution in [3.05, 3.63) is 35.7 Å². The van der Waals surface area contributed by atoms with Gasteiger partial charge in [0, 0.05) is 18.3 Å². The summed E-state index contributed by atoms with van der Waals surface area (Å²) in [4.78, 5) is 4.97. The van der Waals surface area contributed by atoms with Crippen LogP contribution in [0.1, 0.15) is 37.6 Å². The van der Waals surface area contributed by atoms with Gasteiger partial charge < -0.3 is 0 Å². The molecule has 1 atom stereocenters. The average Bonchev–Trinajstić information content (AvgIpc) is 3.16. The van der Waals surface area contributed by atoms with Crippen molar-refractivity contribution in [1.82, 2.24) is 19.1 Å². The van der Waals surface area contributed by atoms with E-state index in [1.165, 1.54) is 11.3 Å². The van der Waals surface area contributed by atoms with Crippen LogP contribution in [-0.4, -0.2) is 40.1 Å². The van der Waals surface area contributed by atoms with Crippen LogP contribution < -0.4 is 0 Å². The molecule has 1 aliphatic heterocycles. The first kappa shape index (κ1) is 17.6. The molecule has 8 heteroatoms. The number of hydrogen-bond donors (Lipinski definition) is 0. The van der Waals surface area contributed by atoms with Crippen molar-refractivity contribution >= 4 is 31.6 Å². The highest BCUT2D eigenvalue weighted by Gasteiger charge is 2.31. The minimum absolute atomic E-state index is 0.0520. The van der Waals surface area contributed by atoms with Crippen molar-refractivity contribution in [2.24, 2.45) is 0 Å². The summed E-state index contributed by atoms with van der Waals surface area (Å²) in [5.74, 6) is 0. The quantitative estimate of drug-likeness (QED) is 0.684. The van der Waals surface area contributed by atoms with Crippen molar-refractivity contribution in [1.29, 1.82) is 0 Å². The molecule has 0 N–H and O–H groups in total. The van der Waals surface area contributed by atoms with E-state index in [1.807, 2.05) is 26.8 Å². The highest BCUT2D eigenvalue weighted by atomic mass is 32.2. The molecule has 26 heavy (non-hydrogen) atoms. The van der Waals surface area contributed by atoms with E-state index in [0.717, 1.165) is 46.0 Å². The van der Waals surface area contributed by atoms with Gasteiger partial charge in [0.25, 0.3) is 0 Å². The Morgan fingerprint density at radius 2 is 2.00 bits per heavy atom. The lowest BCUT2D eigenvalue weighted by Crippen LogP contribution is -2.41. The number of hydrogen-bond acceptors (Lipinski definition) is 5. The van der Waals surface area contributed by atoms with E-state index < -0.39 is 10.0 Å². The smallest absolute Gasteiger partial charge is 0.218 e. The fraction of sp³-hybridized carbons (Fsp3) is 0.444. The van der Waals surface area contributed by atoms with Gasteiger partial charge in [-0.25, -0.2) is 18.1 Å². The van der Waals surface area contributed by atoms with Crippen LogP contribution in [0.15, 0.2) is 29.2 Å². The molecule has 3 aromatic rings. The zero-order valence-corrected chi connectivity index (χ0v) is 16.8. The minimum atomic E-state index is -3.47. The largest absolute Gasteiger partial charge is 0.243 e. The van der Waals surface area contributed by atoms with E-state index in [2.05, 4.69) is 10.1 Å². The third-order valence-corrected chi connectivity index (χ3v) is 7.89. The fourth-order valence-corrected chi connectivity index (χ4v) is 6.35. The number of aryl methyl sites for hydroxylation is 2. The summed E-state index contributed by atoms with van der Waals surface area (Å²) in [5.41, 5.74) is 2.74. The maximum absolute atomic E-state index is 13.1. The van der Waals surface area contributed by atoms with Gasteiger partial charge in [-0.1, -0.05) is 17.8 Å². The van der Waals surface area contributed by atoms with Gasteiger partial charge in [-0.15, -0.1) is 0 Å². The first-order valence-corrected chi connectivity index (χ1v) is 11.1. The molecule has 1 aromatic carbocycles. The van der Waals surface area contributed by atoms with Crippen molar-refractivity contribution in [3.8, 4) is 5.13 Å². The van der Waals surface area contributed by atoms with Crippen LogP contribution in [0.4, 0.5) is 0 Å². The number of rotatable bonds is 3. The van der Waals surface area contributed by atoms with Crippen LogP contribution in [0.5, 0.6) is 0 Å². The van der Waals surface area contributed by atoms with Gasteiger partial charge in [0.05, 0.1) is 20.8 Å². The lowest BCUT2D eigenvalue weighted by molar-refractivity contribution is 0.268. The van der Waals surface area contributed by atoms with Crippen LogP contribution in [0.25, 0.3) is 15.3 Å². The van der Waals surface area contributed by atoms with Crippen LogP contribution in [-0.2, 0) is 10.0 Å². The number of fused-ring (bicyclic) bond motifs is 1. The van der Waals surface area contributed by atoms with Gasteiger partial charge in [-0.05, 0) is 57.9 Å². The van der Waals surface area contributed by atoms with E-state index in [-0.39, 0.29) is 6.04 Å². The number of aromatic nitrogens is 3. The van der Waals surface area contributed by atoms with Gasteiger partial charge in [-0.2, -0.15) is 9.40 Å². The molecule has 2 aromatic heterocycles. The molecule has 138 valence electrons. The first-order valence-electron chi connectivity index (χ1n) is 8.82. The predicted octanol–water partition coefficient (Wildman–Crippen LogP) is 3.66. The van der Waals surface area contributed by atoms with Gasteiger partial charge in [0.15, 0.2) is 0 Å². The summed E-state index contributed by atoms with van der Waals surface area (Å²) in [5, 5.41) is 5.22. The van der Waals surface area contributed by atoms with Crippen molar-refractivity contribution < 1.29 is 8.42 Å². The van der Waals surface area contributed by atoms with Gasteiger partial charge in [0.2, 0.25) is 15.2 Å². The summed E-state index contributed by atoms with van der Waals surface area (Å²) in [6.07, 6.45) is 2.94. The maximum Gasteiger partial charge on any atom is 0.243 e. The summed E-state index contributed by atoms with van der Waals surface area (Å²) in [6, 6.07) is 7.27. The van der Waals surface area contributed by atoms with Crippen LogP contribution >= 0.6 is 11.3 Å². The summed E-state index contributed by atoms with van der Waals surface area (Å²) in [6.45, 7) is 6.52. The molecule has 6 nitrogen and oxygen atoms in total. The molecule has 0 amide bonds. The van der Waals surface area contributed by atoms with E-state index >= 15 is 0 Å². The zero-order chi connectivity index (χ0) is 18.5. The lowest BCUT2D eigenvalue weighted by atomic mass is 10.1. The molecule has 0 aliphatic carbocycles. The molecule has 1 fully saturated rings. The number of sulfonamides is 1.